The van der Waals surface area contributed by atoms with Gasteiger partial charge in [-0.3, -0.25) is 19.1 Å². The second-order valence-electron chi connectivity index (χ2n) is 15.0. The Kier molecular flexibility index (Phi) is 12.4. The topological polar surface area (TPSA) is 182 Å². The number of methoxy groups -OCH3 is 1. The molecule has 2 fully saturated rings. The van der Waals surface area contributed by atoms with E-state index in [1.807, 2.05) is 66.8 Å². The maximum atomic E-state index is 14.6. The number of ether oxygens (including phenoxy) is 3. The Morgan fingerprint density at radius 2 is 1.75 bits per heavy atom. The fourth-order valence-corrected chi connectivity index (χ4v) is 8.83. The molecule has 4 heterocycles. The molecule has 3 aromatic rings. The minimum atomic E-state index is -3.89. The molecular weight excluding hydrogens is 751 g/mol. The number of benzene rings is 2. The Hall–Kier alpha value is -5.44. The van der Waals surface area contributed by atoms with E-state index in [9.17, 15) is 27.6 Å². The molecule has 4 amide bonds. The lowest BCUT2D eigenvalue weighted by Crippen LogP contribution is -2.56. The van der Waals surface area contributed by atoms with Crippen LogP contribution in [0.25, 0.3) is 28.2 Å². The summed E-state index contributed by atoms with van der Waals surface area (Å²) < 4.78 is 45.7. The summed E-state index contributed by atoms with van der Waals surface area (Å²) in [5, 5.41) is 5.60. The average Bonchev–Trinajstić information content (AvgIpc) is 3.99. The van der Waals surface area contributed by atoms with Gasteiger partial charge < -0.3 is 29.7 Å². The number of hydrogen-bond donors (Lipinski definition) is 3. The number of pyridine rings is 1. The summed E-state index contributed by atoms with van der Waals surface area (Å²) in [6, 6.07) is 12.0. The molecule has 1 aromatic heterocycles. The number of allylic oxidation sites excluding steroid dienone is 2. The molecule has 57 heavy (non-hydrogen) atoms. The van der Waals surface area contributed by atoms with Crippen molar-refractivity contribution in [3.8, 4) is 22.8 Å². The van der Waals surface area contributed by atoms with Crippen molar-refractivity contribution < 1.29 is 41.8 Å². The van der Waals surface area contributed by atoms with Gasteiger partial charge in [0.2, 0.25) is 21.8 Å². The molecule has 5 bridgehead atoms. The van der Waals surface area contributed by atoms with Gasteiger partial charge in [-0.05, 0) is 57.4 Å². The van der Waals surface area contributed by atoms with E-state index in [2.05, 4.69) is 15.4 Å². The summed E-state index contributed by atoms with van der Waals surface area (Å²) in [4.78, 5) is 61.8. The molecule has 302 valence electrons. The smallest absolute Gasteiger partial charge is 0.407 e. The number of nitrogens with one attached hydrogen (secondary N) is 3. The first-order valence-corrected chi connectivity index (χ1v) is 21.3. The van der Waals surface area contributed by atoms with Crippen LogP contribution in [0.1, 0.15) is 76.2 Å². The minimum Gasteiger partial charge on any atom is -0.496 e. The summed E-state index contributed by atoms with van der Waals surface area (Å²) in [6.45, 7) is 0.115. The third-order valence-corrected chi connectivity index (χ3v) is 12.5. The van der Waals surface area contributed by atoms with Gasteiger partial charge in [-0.2, -0.15) is 0 Å². The highest BCUT2D eigenvalue weighted by Crippen LogP contribution is 2.37. The predicted molar refractivity (Wildman–Crippen MR) is 214 cm³/mol. The number of nitrogens with zero attached hydrogens (tertiary/aromatic N) is 2. The summed E-state index contributed by atoms with van der Waals surface area (Å²) in [6.07, 6.45) is 11.5. The van der Waals surface area contributed by atoms with Crippen molar-refractivity contribution in [3.63, 3.8) is 0 Å². The zero-order valence-electron chi connectivity index (χ0n) is 32.0. The molecule has 3 aliphatic heterocycles. The van der Waals surface area contributed by atoms with Crippen molar-refractivity contribution in [2.45, 2.75) is 100 Å². The van der Waals surface area contributed by atoms with Crippen LogP contribution in [0.4, 0.5) is 4.79 Å². The van der Waals surface area contributed by atoms with Crippen molar-refractivity contribution in [3.05, 3.63) is 72.3 Å². The summed E-state index contributed by atoms with van der Waals surface area (Å²) >= 11 is 0. The lowest BCUT2D eigenvalue weighted by molar-refractivity contribution is -0.140. The Balaban J connectivity index is 1.28. The lowest BCUT2D eigenvalue weighted by Gasteiger charge is -2.29. The molecule has 1 saturated carbocycles. The molecule has 4 atom stereocenters. The van der Waals surface area contributed by atoms with E-state index in [0.29, 0.717) is 73.0 Å². The molecule has 14 nitrogen and oxygen atoms in total. The van der Waals surface area contributed by atoms with Crippen LogP contribution in [0, 0.1) is 0 Å². The number of rotatable bonds is 5. The number of amides is 4. The quantitative estimate of drug-likeness (QED) is 0.292. The van der Waals surface area contributed by atoms with E-state index in [1.165, 1.54) is 4.90 Å². The van der Waals surface area contributed by atoms with E-state index < -0.39 is 63.3 Å². The molecule has 0 spiro atoms. The van der Waals surface area contributed by atoms with E-state index >= 15 is 0 Å². The highest BCUT2D eigenvalue weighted by atomic mass is 32.2. The van der Waals surface area contributed by atoms with Crippen LogP contribution in [-0.4, -0.2) is 91.9 Å². The van der Waals surface area contributed by atoms with Gasteiger partial charge in [-0.25, -0.2) is 18.2 Å². The monoisotopic (exact) mass is 799 g/mol. The number of cyclic esters (lactones) is 1. The maximum Gasteiger partial charge on any atom is 0.407 e. The average molecular weight is 800 g/mol. The molecule has 0 radical (unpaired) electrons. The van der Waals surface area contributed by atoms with Gasteiger partial charge in [0.1, 0.15) is 35.7 Å². The highest BCUT2D eigenvalue weighted by Gasteiger charge is 2.45. The number of carbonyl (C=O) groups excluding carboxylic acids is 4. The third-order valence-electron chi connectivity index (χ3n) is 10.7. The Labute approximate surface area is 332 Å². The molecule has 15 heteroatoms. The predicted octanol–water partition coefficient (Wildman–Crippen LogP) is 5.16. The molecule has 2 aromatic carbocycles. The second kappa shape index (κ2) is 17.8. The molecular formula is C42H49N5O9S. The molecule has 4 aliphatic rings. The number of aromatic nitrogens is 1. The molecule has 1 unspecified atom stereocenters. The van der Waals surface area contributed by atoms with Gasteiger partial charge in [0.15, 0.2) is 0 Å². The van der Waals surface area contributed by atoms with Crippen LogP contribution in [0.5, 0.6) is 11.5 Å². The molecule has 1 aliphatic carbocycles. The summed E-state index contributed by atoms with van der Waals surface area (Å²) in [5.74, 6) is -0.876. The molecule has 1 saturated heterocycles. The fraction of sp³-hybridized carbons (Fsp3) is 0.452. The lowest BCUT2D eigenvalue weighted by atomic mass is 10.0. The van der Waals surface area contributed by atoms with Gasteiger partial charge in [0.05, 0.1) is 36.7 Å². The SMILES string of the molecule is COc1cc2nc(-c3ccccc3)cc3c2cc1/C=C/CCCOC(=O)N[C@H]1CCCCC/C=C\CC(C(=O)NS(=O)(=O)C2CC2)NC(=O)[C@@H]2C[C@H](CN2C1=O)O3. The van der Waals surface area contributed by atoms with Crippen molar-refractivity contribution in [1.82, 2.24) is 25.2 Å². The normalized spacial score (nSPS) is 25.1. The van der Waals surface area contributed by atoms with E-state index in [-0.39, 0.29) is 26.0 Å². The van der Waals surface area contributed by atoms with Crippen molar-refractivity contribution in [2.75, 3.05) is 20.3 Å². The summed E-state index contributed by atoms with van der Waals surface area (Å²) in [7, 11) is -2.30. The van der Waals surface area contributed by atoms with Crippen LogP contribution in [0.3, 0.4) is 0 Å². The standard InChI is InChI=1S/C42H49N5O9S/c1-54-37-25-35-31-22-28(37)16-10-7-13-21-55-42(51)45-33-18-12-5-3-2-4-11-17-32(39(48)46-57(52,53)30-19-20-30)44-40(49)36-23-29(26-47(36)41(33)50)56-38(31)24-34(43-35)27-14-8-6-9-15-27/h4,6,8-11,14-16,22,24-25,29-30,32-33,36H,2-3,5,7,12-13,17-21,23,26H2,1H3,(H,44,49)(H,45,51)(H,46,48)/b11-4-,16-10+/t29-,32?,33+,36+/m1/s1. The van der Waals surface area contributed by atoms with Gasteiger partial charge in [-0.1, -0.05) is 67.5 Å². The molecule has 7 rings (SSSR count). The van der Waals surface area contributed by atoms with Gasteiger partial charge in [-0.15, -0.1) is 0 Å². The first-order chi connectivity index (χ1) is 27.6. The van der Waals surface area contributed by atoms with E-state index in [0.717, 1.165) is 24.0 Å². The first kappa shape index (κ1) is 39.8. The number of alkyl carbamates (subject to hydrolysis) is 1. The number of carbonyl (C=O) groups is 4. The van der Waals surface area contributed by atoms with Crippen molar-refractivity contribution >= 4 is 50.8 Å². The van der Waals surface area contributed by atoms with E-state index in [1.54, 1.807) is 13.2 Å². The first-order valence-electron chi connectivity index (χ1n) is 19.8. The Morgan fingerprint density at radius 1 is 0.947 bits per heavy atom. The Morgan fingerprint density at radius 3 is 2.54 bits per heavy atom. The van der Waals surface area contributed by atoms with Crippen LogP contribution in [-0.2, 0) is 29.1 Å². The zero-order chi connectivity index (χ0) is 39.9. The number of fused-ring (bicyclic) bond motifs is 3. The summed E-state index contributed by atoms with van der Waals surface area (Å²) in [5.41, 5.74) is 2.91. The fourth-order valence-electron chi connectivity index (χ4n) is 7.48. The number of sulfonamides is 1. The third kappa shape index (κ3) is 9.75. The van der Waals surface area contributed by atoms with Crippen molar-refractivity contribution in [1.29, 1.82) is 0 Å². The van der Waals surface area contributed by atoms with Gasteiger partial charge in [0.25, 0.3) is 5.91 Å². The number of hydrogen-bond acceptors (Lipinski definition) is 10. The van der Waals surface area contributed by atoms with Gasteiger partial charge in [0, 0.05) is 35.1 Å². The largest absolute Gasteiger partial charge is 0.496 e. The maximum absolute atomic E-state index is 14.6. The Bertz CT molecular complexity index is 2160. The second-order valence-corrected chi connectivity index (χ2v) is 16.9. The zero-order valence-corrected chi connectivity index (χ0v) is 32.8. The van der Waals surface area contributed by atoms with Crippen molar-refractivity contribution in [2.24, 2.45) is 0 Å². The van der Waals surface area contributed by atoms with E-state index in [4.69, 9.17) is 19.2 Å². The highest BCUT2D eigenvalue weighted by molar-refractivity contribution is 7.90. The van der Waals surface area contributed by atoms with Crippen LogP contribution >= 0.6 is 0 Å². The minimum absolute atomic E-state index is 0.00955. The van der Waals surface area contributed by atoms with Gasteiger partial charge >= 0.3 is 6.09 Å². The van der Waals surface area contributed by atoms with Crippen LogP contribution in [0.2, 0.25) is 0 Å². The molecule has 3 N–H and O–H groups in total. The van der Waals surface area contributed by atoms with Crippen LogP contribution < -0.4 is 24.8 Å². The van der Waals surface area contributed by atoms with Crippen LogP contribution in [0.15, 0.2) is 66.8 Å².